The summed E-state index contributed by atoms with van der Waals surface area (Å²) in [5, 5.41) is 0.669. The Labute approximate surface area is 139 Å². The van der Waals surface area contributed by atoms with Gasteiger partial charge in [-0.15, -0.1) is 0 Å². The Balaban J connectivity index is 1.55. The van der Waals surface area contributed by atoms with Gasteiger partial charge in [-0.1, -0.05) is 39.8 Å². The summed E-state index contributed by atoms with van der Waals surface area (Å²) in [5.74, 6) is 2.32. The highest BCUT2D eigenvalue weighted by atomic mass is 79.9. The smallest absolute Gasteiger partial charge is 0.257 e. The molecule has 3 aromatic rings. The molecule has 0 bridgehead atoms. The molecule has 0 radical (unpaired) electrons. The van der Waals surface area contributed by atoms with Crippen LogP contribution in [0.2, 0.25) is 0 Å². The van der Waals surface area contributed by atoms with E-state index in [9.17, 15) is 0 Å². The molecule has 4 rings (SSSR count). The predicted octanol–water partition coefficient (Wildman–Crippen LogP) is 4.65. The van der Waals surface area contributed by atoms with E-state index in [2.05, 4.69) is 20.9 Å². The second-order valence-electron chi connectivity index (χ2n) is 4.82. The molecule has 1 aromatic heterocycles. The summed E-state index contributed by atoms with van der Waals surface area (Å²) in [6.07, 6.45) is 0. The molecule has 22 heavy (non-hydrogen) atoms. The molecule has 2 heterocycles. The number of nitrogens with zero attached hydrogens (tertiary/aromatic N) is 1. The third-order valence-electron chi connectivity index (χ3n) is 3.34. The molecule has 4 nitrogen and oxygen atoms in total. The van der Waals surface area contributed by atoms with Crippen molar-refractivity contribution in [2.45, 2.75) is 11.0 Å². The van der Waals surface area contributed by atoms with Crippen LogP contribution in [0.4, 0.5) is 0 Å². The van der Waals surface area contributed by atoms with Crippen molar-refractivity contribution >= 4 is 38.8 Å². The lowest BCUT2D eigenvalue weighted by molar-refractivity contribution is 0.171. The van der Waals surface area contributed by atoms with Gasteiger partial charge < -0.3 is 13.9 Å². The van der Waals surface area contributed by atoms with Crippen LogP contribution in [0.3, 0.4) is 0 Å². The molecule has 1 aliphatic heterocycles. The summed E-state index contributed by atoms with van der Waals surface area (Å²) in [4.78, 5) is 4.47. The van der Waals surface area contributed by atoms with Crippen LogP contribution >= 0.6 is 27.7 Å². The molecule has 0 saturated carbocycles. The van der Waals surface area contributed by atoms with Crippen LogP contribution in [0.5, 0.6) is 11.5 Å². The molecule has 2 aromatic carbocycles. The average Bonchev–Trinajstić information content (AvgIpc) is 2.95. The standard InChI is InChI=1S/C16H12BrNO3S/c17-11-8-15-14(19-5-6-20-15)7-10(11)9-22-16-18-12-3-1-2-4-13(12)21-16/h1-4,7-8H,5-6,9H2. The van der Waals surface area contributed by atoms with Crippen molar-refractivity contribution in [3.8, 4) is 11.5 Å². The number of benzene rings is 2. The van der Waals surface area contributed by atoms with Gasteiger partial charge >= 0.3 is 0 Å². The van der Waals surface area contributed by atoms with Crippen molar-refractivity contribution in [1.82, 2.24) is 4.98 Å². The lowest BCUT2D eigenvalue weighted by atomic mass is 10.2. The molecule has 0 unspecified atom stereocenters. The molecule has 6 heteroatoms. The number of fused-ring (bicyclic) bond motifs is 2. The zero-order chi connectivity index (χ0) is 14.9. The van der Waals surface area contributed by atoms with Crippen LogP contribution in [0, 0.1) is 0 Å². The summed E-state index contributed by atoms with van der Waals surface area (Å²) in [6, 6.07) is 11.7. The van der Waals surface area contributed by atoms with Gasteiger partial charge in [0.2, 0.25) is 0 Å². The Kier molecular flexibility index (Phi) is 3.72. The SMILES string of the molecule is Brc1cc2c(cc1CSc1nc3ccccc3o1)OCCO2. The van der Waals surface area contributed by atoms with Crippen molar-refractivity contribution in [1.29, 1.82) is 0 Å². The summed E-state index contributed by atoms with van der Waals surface area (Å²) in [6.45, 7) is 1.18. The number of hydrogen-bond donors (Lipinski definition) is 0. The van der Waals surface area contributed by atoms with Crippen LogP contribution in [-0.2, 0) is 5.75 Å². The summed E-state index contributed by atoms with van der Waals surface area (Å²) in [5.41, 5.74) is 2.81. The molecular weight excluding hydrogens is 366 g/mol. The predicted molar refractivity (Wildman–Crippen MR) is 88.7 cm³/mol. The van der Waals surface area contributed by atoms with E-state index in [1.807, 2.05) is 36.4 Å². The number of thioether (sulfide) groups is 1. The van der Waals surface area contributed by atoms with Gasteiger partial charge in [-0.3, -0.25) is 0 Å². The van der Waals surface area contributed by atoms with Crippen molar-refractivity contribution in [2.24, 2.45) is 0 Å². The van der Waals surface area contributed by atoms with Crippen molar-refractivity contribution < 1.29 is 13.9 Å². The maximum atomic E-state index is 5.72. The van der Waals surface area contributed by atoms with Gasteiger partial charge in [0.1, 0.15) is 18.7 Å². The number of halogens is 1. The van der Waals surface area contributed by atoms with Crippen LogP contribution < -0.4 is 9.47 Å². The van der Waals surface area contributed by atoms with Gasteiger partial charge in [0.05, 0.1) is 0 Å². The minimum absolute atomic E-state index is 0.590. The monoisotopic (exact) mass is 377 g/mol. The molecule has 0 N–H and O–H groups in total. The van der Waals surface area contributed by atoms with E-state index < -0.39 is 0 Å². The van der Waals surface area contributed by atoms with Gasteiger partial charge in [-0.05, 0) is 29.8 Å². The van der Waals surface area contributed by atoms with Gasteiger partial charge in [0.25, 0.3) is 5.22 Å². The second kappa shape index (κ2) is 5.85. The molecule has 0 fully saturated rings. The highest BCUT2D eigenvalue weighted by Gasteiger charge is 2.15. The molecule has 0 spiro atoms. The number of para-hydroxylation sites is 2. The molecular formula is C16H12BrNO3S. The average molecular weight is 378 g/mol. The molecule has 0 atom stereocenters. The van der Waals surface area contributed by atoms with E-state index >= 15 is 0 Å². The first kappa shape index (κ1) is 14.0. The minimum Gasteiger partial charge on any atom is -0.486 e. The Morgan fingerprint density at radius 3 is 2.68 bits per heavy atom. The van der Waals surface area contributed by atoms with E-state index in [1.54, 1.807) is 11.8 Å². The Hall–Kier alpha value is -1.66. The zero-order valence-electron chi connectivity index (χ0n) is 11.5. The topological polar surface area (TPSA) is 44.5 Å². The molecule has 0 saturated heterocycles. The van der Waals surface area contributed by atoms with Crippen molar-refractivity contribution in [2.75, 3.05) is 13.2 Å². The number of oxazole rings is 1. The highest BCUT2D eigenvalue weighted by Crippen LogP contribution is 2.38. The van der Waals surface area contributed by atoms with E-state index in [-0.39, 0.29) is 0 Å². The first-order chi connectivity index (χ1) is 10.8. The van der Waals surface area contributed by atoms with E-state index in [0.717, 1.165) is 38.4 Å². The quantitative estimate of drug-likeness (QED) is 0.621. The first-order valence-electron chi connectivity index (χ1n) is 6.86. The van der Waals surface area contributed by atoms with Crippen LogP contribution in [0.1, 0.15) is 5.56 Å². The summed E-state index contributed by atoms with van der Waals surface area (Å²) < 4.78 is 17.9. The van der Waals surface area contributed by atoms with Crippen molar-refractivity contribution in [3.05, 3.63) is 46.4 Å². The fraction of sp³-hybridized carbons (Fsp3) is 0.188. The zero-order valence-corrected chi connectivity index (χ0v) is 13.9. The van der Waals surface area contributed by atoms with Gasteiger partial charge in [0, 0.05) is 10.2 Å². The summed E-state index contributed by atoms with van der Waals surface area (Å²) in [7, 11) is 0. The fourth-order valence-corrected chi connectivity index (χ4v) is 3.75. The third-order valence-corrected chi connectivity index (χ3v) is 4.95. The maximum Gasteiger partial charge on any atom is 0.257 e. The number of aromatic nitrogens is 1. The number of rotatable bonds is 3. The van der Waals surface area contributed by atoms with E-state index in [4.69, 9.17) is 13.9 Å². The Morgan fingerprint density at radius 2 is 1.86 bits per heavy atom. The summed E-state index contributed by atoms with van der Waals surface area (Å²) >= 11 is 5.14. The van der Waals surface area contributed by atoms with Gasteiger partial charge in [0.15, 0.2) is 17.1 Å². The Morgan fingerprint density at radius 1 is 1.09 bits per heavy atom. The van der Waals surface area contributed by atoms with Crippen LogP contribution in [0.15, 0.2) is 50.5 Å². The maximum absolute atomic E-state index is 5.72. The molecule has 112 valence electrons. The van der Waals surface area contributed by atoms with Crippen LogP contribution in [-0.4, -0.2) is 18.2 Å². The van der Waals surface area contributed by atoms with E-state index in [1.165, 1.54) is 0 Å². The third kappa shape index (κ3) is 2.68. The van der Waals surface area contributed by atoms with Crippen molar-refractivity contribution in [3.63, 3.8) is 0 Å². The van der Waals surface area contributed by atoms with Crippen LogP contribution in [0.25, 0.3) is 11.1 Å². The number of ether oxygens (including phenoxy) is 2. The second-order valence-corrected chi connectivity index (χ2v) is 6.60. The lowest BCUT2D eigenvalue weighted by Gasteiger charge is -2.19. The normalized spacial score (nSPS) is 13.5. The largest absolute Gasteiger partial charge is 0.486 e. The number of hydrogen-bond acceptors (Lipinski definition) is 5. The van der Waals surface area contributed by atoms with E-state index in [0.29, 0.717) is 18.4 Å². The highest BCUT2D eigenvalue weighted by molar-refractivity contribution is 9.10. The lowest BCUT2D eigenvalue weighted by Crippen LogP contribution is -2.15. The fourth-order valence-electron chi connectivity index (χ4n) is 2.27. The first-order valence-corrected chi connectivity index (χ1v) is 8.64. The van der Waals surface area contributed by atoms with Gasteiger partial charge in [-0.25, -0.2) is 4.98 Å². The Bertz CT molecular complexity index is 800. The molecule has 1 aliphatic rings. The minimum atomic E-state index is 0.590. The van der Waals surface area contributed by atoms with Gasteiger partial charge in [-0.2, -0.15) is 0 Å². The molecule has 0 amide bonds. The molecule has 0 aliphatic carbocycles.